The summed E-state index contributed by atoms with van der Waals surface area (Å²) in [5, 5.41) is 4.54. The van der Waals surface area contributed by atoms with Gasteiger partial charge in [-0.25, -0.2) is 4.68 Å². The van der Waals surface area contributed by atoms with E-state index in [0.717, 1.165) is 76.0 Å². The number of benzene rings is 1. The van der Waals surface area contributed by atoms with Gasteiger partial charge in [-0.2, -0.15) is 5.10 Å². The van der Waals surface area contributed by atoms with E-state index in [-0.39, 0.29) is 18.0 Å². The molecule has 4 heterocycles. The number of piperazine rings is 1. The maximum Gasteiger partial charge on any atom is 0.267 e. The number of rotatable bonds is 4. The first kappa shape index (κ1) is 21.9. The summed E-state index contributed by atoms with van der Waals surface area (Å²) in [4.78, 5) is 34.4. The van der Waals surface area contributed by atoms with Gasteiger partial charge >= 0.3 is 0 Å². The number of likely N-dealkylation sites (N-methyl/N-ethyl adjacent to an activating group) is 1. The van der Waals surface area contributed by atoms with Crippen LogP contribution in [0.4, 0.5) is 17.2 Å². The Balaban J connectivity index is 1.29. The molecular weight excluding hydrogens is 416 g/mol. The molecule has 1 aromatic carbocycles. The first-order valence-electron chi connectivity index (χ1n) is 12.2. The second kappa shape index (κ2) is 9.17. The second-order valence-corrected chi connectivity index (χ2v) is 9.76. The number of piperidine rings is 1. The molecule has 0 unspecified atom stereocenters. The van der Waals surface area contributed by atoms with Crippen LogP contribution in [0.1, 0.15) is 25.3 Å². The van der Waals surface area contributed by atoms with Crippen molar-refractivity contribution in [2.75, 3.05) is 67.6 Å². The molecule has 1 aromatic heterocycles. The van der Waals surface area contributed by atoms with Gasteiger partial charge in [0, 0.05) is 63.3 Å². The smallest absolute Gasteiger partial charge is 0.267 e. The molecule has 0 aliphatic carbocycles. The number of carbonyl (C=O) groups is 1. The van der Waals surface area contributed by atoms with Crippen molar-refractivity contribution in [2.24, 2.45) is 5.92 Å². The first-order chi connectivity index (χ1) is 16.0. The van der Waals surface area contributed by atoms with E-state index in [0.29, 0.717) is 6.54 Å². The minimum absolute atomic E-state index is 0.0312. The van der Waals surface area contributed by atoms with Crippen LogP contribution in [-0.4, -0.2) is 73.4 Å². The number of hydrogen-bond acceptors (Lipinski definition) is 6. The summed E-state index contributed by atoms with van der Waals surface area (Å²) in [6.07, 6.45) is 3.10. The van der Waals surface area contributed by atoms with Crippen LogP contribution in [-0.2, 0) is 17.8 Å². The van der Waals surface area contributed by atoms with Gasteiger partial charge in [0.2, 0.25) is 5.91 Å². The van der Waals surface area contributed by atoms with Gasteiger partial charge in [0.1, 0.15) is 12.4 Å². The molecule has 176 valence electrons. The van der Waals surface area contributed by atoms with E-state index < -0.39 is 0 Å². The van der Waals surface area contributed by atoms with E-state index in [1.807, 2.05) is 4.90 Å². The third kappa shape index (κ3) is 4.62. The molecule has 0 N–H and O–H groups in total. The number of carbonyl (C=O) groups excluding carboxylic acids is 1. The zero-order valence-corrected chi connectivity index (χ0v) is 19.7. The lowest BCUT2D eigenvalue weighted by Crippen LogP contribution is -2.44. The largest absolute Gasteiger partial charge is 0.369 e. The summed E-state index contributed by atoms with van der Waals surface area (Å²) < 4.78 is 1.33. The summed E-state index contributed by atoms with van der Waals surface area (Å²) in [5.41, 5.74) is 3.17. The Bertz CT molecular complexity index is 1070. The van der Waals surface area contributed by atoms with Gasteiger partial charge < -0.3 is 19.6 Å². The minimum atomic E-state index is -0.234. The fourth-order valence-electron chi connectivity index (χ4n) is 5.08. The average Bonchev–Trinajstić information content (AvgIpc) is 3.25. The molecule has 3 aliphatic rings. The Morgan fingerprint density at radius 2 is 1.73 bits per heavy atom. The maximum atomic E-state index is 13.2. The standard InChI is InChI=1S/C25H34N6O2/c1-19-7-10-29(11-8-19)23-5-6-24(32)31(26-23)18-25(33)30-12-9-20-17-21(3-4-22(20)30)28-15-13-27(2)14-16-28/h3-6,17,19H,7-16,18H2,1-2H3. The van der Waals surface area contributed by atoms with Gasteiger partial charge in [0.25, 0.3) is 5.56 Å². The average molecular weight is 451 g/mol. The van der Waals surface area contributed by atoms with Crippen LogP contribution >= 0.6 is 0 Å². The predicted molar refractivity (Wildman–Crippen MR) is 131 cm³/mol. The molecule has 3 aliphatic heterocycles. The number of aromatic nitrogens is 2. The Hall–Kier alpha value is -2.87. The fraction of sp³-hybridized carbons (Fsp3) is 0.560. The summed E-state index contributed by atoms with van der Waals surface area (Å²) in [7, 11) is 2.16. The summed E-state index contributed by atoms with van der Waals surface area (Å²) in [6.45, 7) is 8.96. The highest BCUT2D eigenvalue weighted by atomic mass is 16.2. The third-order valence-electron chi connectivity index (χ3n) is 7.37. The lowest BCUT2D eigenvalue weighted by atomic mass is 9.99. The predicted octanol–water partition coefficient (Wildman–Crippen LogP) is 1.82. The molecule has 0 bridgehead atoms. The topological polar surface area (TPSA) is 64.9 Å². The monoisotopic (exact) mass is 450 g/mol. The fourth-order valence-corrected chi connectivity index (χ4v) is 5.08. The van der Waals surface area contributed by atoms with Crippen molar-refractivity contribution in [2.45, 2.75) is 32.7 Å². The highest BCUT2D eigenvalue weighted by Crippen LogP contribution is 2.32. The molecule has 2 saturated heterocycles. The van der Waals surface area contributed by atoms with Crippen molar-refractivity contribution in [1.82, 2.24) is 14.7 Å². The van der Waals surface area contributed by atoms with Crippen molar-refractivity contribution in [3.63, 3.8) is 0 Å². The number of anilines is 3. The van der Waals surface area contributed by atoms with Crippen molar-refractivity contribution in [3.8, 4) is 0 Å². The summed E-state index contributed by atoms with van der Waals surface area (Å²) in [5.74, 6) is 1.42. The zero-order valence-electron chi connectivity index (χ0n) is 19.7. The Kier molecular flexibility index (Phi) is 6.10. The van der Waals surface area contributed by atoms with Gasteiger partial charge in [-0.3, -0.25) is 9.59 Å². The molecule has 0 atom stereocenters. The van der Waals surface area contributed by atoms with Crippen LogP contribution in [0, 0.1) is 5.92 Å². The first-order valence-corrected chi connectivity index (χ1v) is 12.2. The van der Waals surface area contributed by atoms with Crippen molar-refractivity contribution < 1.29 is 4.79 Å². The van der Waals surface area contributed by atoms with Crippen molar-refractivity contribution in [3.05, 3.63) is 46.2 Å². The van der Waals surface area contributed by atoms with E-state index in [1.165, 1.54) is 22.0 Å². The van der Waals surface area contributed by atoms with Gasteiger partial charge in [-0.05, 0) is 62.1 Å². The quantitative estimate of drug-likeness (QED) is 0.708. The van der Waals surface area contributed by atoms with Crippen LogP contribution in [0.15, 0.2) is 35.1 Å². The SMILES string of the molecule is CC1CCN(c2ccc(=O)n(CC(=O)N3CCc4cc(N5CCN(C)CC5)ccc43)n2)CC1. The normalized spacial score (nSPS) is 19.8. The van der Waals surface area contributed by atoms with Gasteiger partial charge in [-0.1, -0.05) is 6.92 Å². The molecular formula is C25H34N6O2. The Morgan fingerprint density at radius 3 is 2.48 bits per heavy atom. The van der Waals surface area contributed by atoms with Crippen LogP contribution in [0.2, 0.25) is 0 Å². The molecule has 0 spiro atoms. The van der Waals surface area contributed by atoms with Crippen LogP contribution in [0.25, 0.3) is 0 Å². The molecule has 8 heteroatoms. The third-order valence-corrected chi connectivity index (χ3v) is 7.37. The van der Waals surface area contributed by atoms with E-state index in [2.05, 4.69) is 52.0 Å². The minimum Gasteiger partial charge on any atom is -0.369 e. The van der Waals surface area contributed by atoms with E-state index in [9.17, 15) is 9.59 Å². The molecule has 33 heavy (non-hydrogen) atoms. The number of fused-ring (bicyclic) bond motifs is 1. The molecule has 1 amide bonds. The number of hydrogen-bond donors (Lipinski definition) is 0. The molecule has 0 radical (unpaired) electrons. The van der Waals surface area contributed by atoms with E-state index in [4.69, 9.17) is 0 Å². The number of amides is 1. The highest BCUT2D eigenvalue weighted by molar-refractivity contribution is 5.95. The van der Waals surface area contributed by atoms with E-state index in [1.54, 1.807) is 6.07 Å². The van der Waals surface area contributed by atoms with E-state index >= 15 is 0 Å². The molecule has 8 nitrogen and oxygen atoms in total. The maximum absolute atomic E-state index is 13.2. The van der Waals surface area contributed by atoms with Crippen LogP contribution in [0.3, 0.4) is 0 Å². The van der Waals surface area contributed by atoms with Gasteiger partial charge in [0.05, 0.1) is 0 Å². The molecule has 2 aromatic rings. The summed E-state index contributed by atoms with van der Waals surface area (Å²) >= 11 is 0. The molecule has 0 saturated carbocycles. The van der Waals surface area contributed by atoms with Gasteiger partial charge in [-0.15, -0.1) is 0 Å². The van der Waals surface area contributed by atoms with Crippen LogP contribution in [0.5, 0.6) is 0 Å². The Labute approximate surface area is 195 Å². The van der Waals surface area contributed by atoms with Crippen molar-refractivity contribution >= 4 is 23.1 Å². The Morgan fingerprint density at radius 1 is 0.970 bits per heavy atom. The summed E-state index contributed by atoms with van der Waals surface area (Å²) in [6, 6.07) is 9.74. The molecule has 2 fully saturated rings. The number of nitrogens with zero attached hydrogens (tertiary/aromatic N) is 6. The van der Waals surface area contributed by atoms with Crippen molar-refractivity contribution in [1.29, 1.82) is 0 Å². The van der Waals surface area contributed by atoms with Gasteiger partial charge in [0.15, 0.2) is 0 Å². The second-order valence-electron chi connectivity index (χ2n) is 9.76. The lowest BCUT2D eigenvalue weighted by Gasteiger charge is -2.34. The lowest BCUT2D eigenvalue weighted by molar-refractivity contribution is -0.119. The molecule has 5 rings (SSSR count). The highest BCUT2D eigenvalue weighted by Gasteiger charge is 2.27. The zero-order chi connectivity index (χ0) is 22.9. The van der Waals surface area contributed by atoms with Crippen LogP contribution < -0.4 is 20.3 Å².